The van der Waals surface area contributed by atoms with Crippen LogP contribution in [0.25, 0.3) is 0 Å². The van der Waals surface area contributed by atoms with Gasteiger partial charge in [0.15, 0.2) is 0 Å². The highest BCUT2D eigenvalue weighted by molar-refractivity contribution is 5.32. The average Bonchev–Trinajstić information content (AvgIpc) is 2.65. The van der Waals surface area contributed by atoms with E-state index in [-0.39, 0.29) is 0 Å². The average molecular weight is 333 g/mol. The van der Waals surface area contributed by atoms with Crippen LogP contribution in [0.5, 0.6) is 0 Å². The highest BCUT2D eigenvalue weighted by Crippen LogP contribution is 2.18. The molecule has 1 aliphatic heterocycles. The summed E-state index contributed by atoms with van der Waals surface area (Å²) in [7, 11) is 0. The number of piperidine rings is 1. The molecule has 1 saturated heterocycles. The van der Waals surface area contributed by atoms with Gasteiger partial charge in [0.2, 0.25) is 0 Å². The molecule has 1 fully saturated rings. The lowest BCUT2D eigenvalue weighted by atomic mass is 9.99. The van der Waals surface area contributed by atoms with Crippen LogP contribution >= 0.6 is 0 Å². The molecule has 0 unspecified atom stereocenters. The third-order valence-electron chi connectivity index (χ3n) is 5.02. The Morgan fingerprint density at radius 2 is 1.68 bits per heavy atom. The highest BCUT2D eigenvalue weighted by Gasteiger charge is 2.15. The summed E-state index contributed by atoms with van der Waals surface area (Å²) in [6.07, 6.45) is 2.66. The van der Waals surface area contributed by atoms with Gasteiger partial charge in [-0.3, -0.25) is 4.90 Å². The molecule has 0 radical (unpaired) electrons. The molecule has 0 saturated carbocycles. The Kier molecular flexibility index (Phi) is 6.22. The number of benzene rings is 2. The Morgan fingerprint density at radius 3 is 2.40 bits per heavy atom. The molecule has 2 aromatic rings. The first-order chi connectivity index (χ1) is 12.2. The maximum absolute atomic E-state index is 8.95. The largest absolute Gasteiger partial charge is 0.309 e. The molecule has 130 valence electrons. The molecule has 3 heteroatoms. The van der Waals surface area contributed by atoms with Gasteiger partial charge in [-0.15, -0.1) is 0 Å². The predicted octanol–water partition coefficient (Wildman–Crippen LogP) is 4.08. The van der Waals surface area contributed by atoms with E-state index in [1.807, 2.05) is 18.2 Å². The first-order valence-corrected chi connectivity index (χ1v) is 9.23. The van der Waals surface area contributed by atoms with Crippen molar-refractivity contribution in [2.24, 2.45) is 5.92 Å². The number of nitrogens with one attached hydrogen (secondary N) is 1. The first kappa shape index (κ1) is 17.7. The maximum atomic E-state index is 8.95. The van der Waals surface area contributed by atoms with E-state index in [1.165, 1.54) is 37.1 Å². The topological polar surface area (TPSA) is 39.1 Å². The fraction of sp³-hybridized carbons (Fsp3) is 0.409. The molecule has 0 amide bonds. The second kappa shape index (κ2) is 8.80. The lowest BCUT2D eigenvalue weighted by Crippen LogP contribution is -2.32. The van der Waals surface area contributed by atoms with E-state index in [0.717, 1.165) is 36.7 Å². The Morgan fingerprint density at radius 1 is 1.00 bits per heavy atom. The fourth-order valence-electron chi connectivity index (χ4n) is 3.34. The fourth-order valence-corrected chi connectivity index (χ4v) is 3.34. The van der Waals surface area contributed by atoms with Crippen LogP contribution in [0.3, 0.4) is 0 Å². The number of hydrogen-bond donors (Lipinski definition) is 1. The van der Waals surface area contributed by atoms with Gasteiger partial charge >= 0.3 is 0 Å². The zero-order chi connectivity index (χ0) is 17.5. The van der Waals surface area contributed by atoms with Gasteiger partial charge in [0.05, 0.1) is 11.6 Å². The highest BCUT2D eigenvalue weighted by atomic mass is 15.1. The third-order valence-corrected chi connectivity index (χ3v) is 5.02. The van der Waals surface area contributed by atoms with Crippen LogP contribution in [0.4, 0.5) is 0 Å². The molecule has 3 rings (SSSR count). The molecular weight excluding hydrogens is 306 g/mol. The number of likely N-dealkylation sites (tertiary alicyclic amines) is 1. The van der Waals surface area contributed by atoms with Crippen molar-refractivity contribution in [1.82, 2.24) is 10.2 Å². The first-order valence-electron chi connectivity index (χ1n) is 9.23. The monoisotopic (exact) mass is 333 g/mol. The van der Waals surface area contributed by atoms with Crippen molar-refractivity contribution < 1.29 is 0 Å². The van der Waals surface area contributed by atoms with Gasteiger partial charge in [-0.05, 0) is 60.7 Å². The van der Waals surface area contributed by atoms with E-state index in [0.29, 0.717) is 0 Å². The molecule has 25 heavy (non-hydrogen) atoms. The van der Waals surface area contributed by atoms with Crippen molar-refractivity contribution in [2.75, 3.05) is 13.1 Å². The summed E-state index contributed by atoms with van der Waals surface area (Å²) in [6, 6.07) is 18.9. The van der Waals surface area contributed by atoms with Crippen LogP contribution in [0.2, 0.25) is 0 Å². The zero-order valence-electron chi connectivity index (χ0n) is 15.0. The van der Waals surface area contributed by atoms with Gasteiger partial charge in [0.1, 0.15) is 0 Å². The zero-order valence-corrected chi connectivity index (χ0v) is 15.0. The molecule has 3 nitrogen and oxygen atoms in total. The van der Waals surface area contributed by atoms with Crippen molar-refractivity contribution in [3.8, 4) is 6.07 Å². The van der Waals surface area contributed by atoms with Gasteiger partial charge in [0, 0.05) is 19.6 Å². The third kappa shape index (κ3) is 5.42. The number of nitrogens with zero attached hydrogens (tertiary/aromatic N) is 2. The smallest absolute Gasteiger partial charge is 0.0991 e. The Balaban J connectivity index is 1.45. The van der Waals surface area contributed by atoms with E-state index in [1.54, 1.807) is 0 Å². The minimum Gasteiger partial charge on any atom is -0.309 e. The second-order valence-corrected chi connectivity index (χ2v) is 7.19. The van der Waals surface area contributed by atoms with Gasteiger partial charge in [-0.1, -0.05) is 43.3 Å². The molecule has 0 spiro atoms. The maximum Gasteiger partial charge on any atom is 0.0991 e. The molecule has 1 heterocycles. The Labute approximate surface area is 151 Å². The summed E-state index contributed by atoms with van der Waals surface area (Å²) in [4.78, 5) is 2.56. The Bertz CT molecular complexity index is 707. The predicted molar refractivity (Wildman–Crippen MR) is 102 cm³/mol. The quantitative estimate of drug-likeness (QED) is 0.866. The van der Waals surface area contributed by atoms with E-state index < -0.39 is 0 Å². The van der Waals surface area contributed by atoms with Crippen molar-refractivity contribution in [3.05, 3.63) is 70.8 Å². The minimum atomic E-state index is 0.718. The lowest BCUT2D eigenvalue weighted by Gasteiger charge is -2.30. The Hall–Kier alpha value is -2.15. The lowest BCUT2D eigenvalue weighted by molar-refractivity contribution is 0.185. The van der Waals surface area contributed by atoms with Crippen LogP contribution in [0.1, 0.15) is 42.0 Å². The molecule has 1 N–H and O–H groups in total. The summed E-state index contributed by atoms with van der Waals surface area (Å²) in [5.74, 6) is 0.888. The van der Waals surface area contributed by atoms with Crippen molar-refractivity contribution in [1.29, 1.82) is 5.26 Å². The molecule has 2 aromatic carbocycles. The molecule has 0 aromatic heterocycles. The summed E-state index contributed by atoms with van der Waals surface area (Å²) in [5, 5.41) is 12.4. The molecule has 0 bridgehead atoms. The minimum absolute atomic E-state index is 0.718. The molecular formula is C22H27N3. The van der Waals surface area contributed by atoms with Gasteiger partial charge in [-0.2, -0.15) is 5.26 Å². The molecule has 1 aliphatic rings. The van der Waals surface area contributed by atoms with Crippen LogP contribution < -0.4 is 5.32 Å². The van der Waals surface area contributed by atoms with Crippen molar-refractivity contribution in [2.45, 2.75) is 39.4 Å². The van der Waals surface area contributed by atoms with Crippen LogP contribution in [0.15, 0.2) is 48.5 Å². The van der Waals surface area contributed by atoms with Crippen molar-refractivity contribution in [3.63, 3.8) is 0 Å². The standard InChI is InChI=1S/C22H27N3/c1-18-9-11-25(12-10-18)17-20-7-5-19(6-8-20)15-24-16-22-4-2-3-21(13-22)14-23/h2-8,13,18,24H,9-12,15-17H2,1H3. The summed E-state index contributed by atoms with van der Waals surface area (Å²) < 4.78 is 0. The van der Waals surface area contributed by atoms with Crippen LogP contribution in [-0.4, -0.2) is 18.0 Å². The van der Waals surface area contributed by atoms with E-state index in [2.05, 4.69) is 53.5 Å². The summed E-state index contributed by atoms with van der Waals surface area (Å²) in [6.45, 7) is 7.51. The summed E-state index contributed by atoms with van der Waals surface area (Å²) in [5.41, 5.74) is 4.57. The molecule has 0 aliphatic carbocycles. The van der Waals surface area contributed by atoms with Crippen LogP contribution in [-0.2, 0) is 19.6 Å². The number of hydrogen-bond acceptors (Lipinski definition) is 3. The molecule has 0 atom stereocenters. The van der Waals surface area contributed by atoms with E-state index in [4.69, 9.17) is 5.26 Å². The van der Waals surface area contributed by atoms with Crippen LogP contribution in [0, 0.1) is 17.2 Å². The summed E-state index contributed by atoms with van der Waals surface area (Å²) >= 11 is 0. The van der Waals surface area contributed by atoms with E-state index >= 15 is 0 Å². The normalized spacial score (nSPS) is 15.8. The van der Waals surface area contributed by atoms with Gasteiger partial charge < -0.3 is 5.32 Å². The number of rotatable bonds is 6. The second-order valence-electron chi connectivity index (χ2n) is 7.19. The van der Waals surface area contributed by atoms with Gasteiger partial charge in [-0.25, -0.2) is 0 Å². The SMILES string of the molecule is CC1CCN(Cc2ccc(CNCc3cccc(C#N)c3)cc2)CC1. The van der Waals surface area contributed by atoms with Crippen molar-refractivity contribution >= 4 is 0 Å². The van der Waals surface area contributed by atoms with Gasteiger partial charge in [0.25, 0.3) is 0 Å². The van der Waals surface area contributed by atoms with E-state index in [9.17, 15) is 0 Å². The number of nitriles is 1.